The van der Waals surface area contributed by atoms with Crippen LogP contribution in [-0.4, -0.2) is 20.3 Å². The van der Waals surface area contributed by atoms with Crippen molar-refractivity contribution in [1.82, 2.24) is 0 Å². The van der Waals surface area contributed by atoms with E-state index in [0.717, 1.165) is 17.4 Å². The quantitative estimate of drug-likeness (QED) is 0.881. The maximum absolute atomic E-state index is 6.22. The van der Waals surface area contributed by atoms with Crippen LogP contribution in [0.15, 0.2) is 12.1 Å². The fourth-order valence-corrected chi connectivity index (χ4v) is 3.29. The van der Waals surface area contributed by atoms with Crippen LogP contribution >= 0.6 is 11.6 Å². The van der Waals surface area contributed by atoms with Crippen molar-refractivity contribution < 1.29 is 9.47 Å². The van der Waals surface area contributed by atoms with Gasteiger partial charge in [0.15, 0.2) is 0 Å². The van der Waals surface area contributed by atoms with E-state index in [1.807, 2.05) is 12.1 Å². The molecule has 2 rings (SSSR count). The highest BCUT2D eigenvalue weighted by Crippen LogP contribution is 2.38. The number of benzene rings is 1. The van der Waals surface area contributed by atoms with Crippen LogP contribution < -0.4 is 14.8 Å². The molecule has 0 spiro atoms. The van der Waals surface area contributed by atoms with Crippen LogP contribution in [0.5, 0.6) is 11.5 Å². The van der Waals surface area contributed by atoms with Gasteiger partial charge < -0.3 is 14.8 Å². The number of rotatable bonds is 4. The van der Waals surface area contributed by atoms with Crippen LogP contribution in [0, 0.1) is 11.8 Å². The van der Waals surface area contributed by atoms with Crippen molar-refractivity contribution in [3.63, 3.8) is 0 Å². The minimum absolute atomic E-state index is 0.476. The molecule has 1 fully saturated rings. The molecule has 0 heterocycles. The molecule has 20 heavy (non-hydrogen) atoms. The molecule has 1 aliphatic rings. The molecule has 0 aromatic heterocycles. The highest BCUT2D eigenvalue weighted by Gasteiger charge is 2.26. The van der Waals surface area contributed by atoms with Gasteiger partial charge in [-0.3, -0.25) is 0 Å². The van der Waals surface area contributed by atoms with E-state index in [2.05, 4.69) is 19.2 Å². The number of hydrogen-bond donors (Lipinski definition) is 1. The molecule has 0 amide bonds. The van der Waals surface area contributed by atoms with Crippen molar-refractivity contribution in [2.75, 3.05) is 19.5 Å². The maximum Gasteiger partial charge on any atom is 0.145 e. The second-order valence-electron chi connectivity index (χ2n) is 5.83. The van der Waals surface area contributed by atoms with E-state index in [4.69, 9.17) is 21.1 Å². The van der Waals surface area contributed by atoms with Gasteiger partial charge >= 0.3 is 0 Å². The fraction of sp³-hybridized carbons (Fsp3) is 0.625. The van der Waals surface area contributed by atoms with Gasteiger partial charge in [0, 0.05) is 12.1 Å². The van der Waals surface area contributed by atoms with E-state index >= 15 is 0 Å². The molecule has 0 radical (unpaired) electrons. The summed E-state index contributed by atoms with van der Waals surface area (Å²) in [6, 6.07) is 4.20. The fourth-order valence-electron chi connectivity index (χ4n) is 3.05. The molecule has 1 N–H and O–H groups in total. The second-order valence-corrected chi connectivity index (χ2v) is 6.24. The highest BCUT2D eigenvalue weighted by atomic mass is 35.5. The maximum atomic E-state index is 6.22. The minimum Gasteiger partial charge on any atom is -0.495 e. The summed E-state index contributed by atoms with van der Waals surface area (Å²) in [5, 5.41) is 4.20. The molecule has 3 atom stereocenters. The third kappa shape index (κ3) is 3.32. The van der Waals surface area contributed by atoms with E-state index in [1.165, 1.54) is 19.3 Å². The average Bonchev–Trinajstić information content (AvgIpc) is 2.42. The summed E-state index contributed by atoms with van der Waals surface area (Å²) in [7, 11) is 3.28. The van der Waals surface area contributed by atoms with E-state index in [0.29, 0.717) is 22.7 Å². The first-order valence-corrected chi connectivity index (χ1v) is 7.61. The van der Waals surface area contributed by atoms with Crippen molar-refractivity contribution in [1.29, 1.82) is 0 Å². The lowest BCUT2D eigenvalue weighted by molar-refractivity contribution is 0.276. The van der Waals surface area contributed by atoms with Gasteiger partial charge in [-0.2, -0.15) is 0 Å². The number of methoxy groups -OCH3 is 2. The zero-order chi connectivity index (χ0) is 14.7. The monoisotopic (exact) mass is 297 g/mol. The zero-order valence-corrected chi connectivity index (χ0v) is 13.5. The Balaban J connectivity index is 2.18. The summed E-state index contributed by atoms with van der Waals surface area (Å²) in [5.41, 5.74) is 0.949. The lowest BCUT2D eigenvalue weighted by Gasteiger charge is -2.34. The van der Waals surface area contributed by atoms with E-state index in [1.54, 1.807) is 14.2 Å². The molecule has 0 bridgehead atoms. The first kappa shape index (κ1) is 15.3. The van der Waals surface area contributed by atoms with Crippen LogP contribution in [0.1, 0.15) is 33.1 Å². The lowest BCUT2D eigenvalue weighted by Crippen LogP contribution is -2.33. The summed E-state index contributed by atoms with van der Waals surface area (Å²) >= 11 is 6.22. The van der Waals surface area contributed by atoms with Gasteiger partial charge in [-0.15, -0.1) is 0 Å². The smallest absolute Gasteiger partial charge is 0.145 e. The Morgan fingerprint density at radius 2 is 1.80 bits per heavy atom. The minimum atomic E-state index is 0.476. The molecule has 1 saturated carbocycles. The Hall–Kier alpha value is -1.09. The third-order valence-corrected chi connectivity index (χ3v) is 4.54. The first-order chi connectivity index (χ1) is 9.55. The number of hydrogen-bond acceptors (Lipinski definition) is 3. The van der Waals surface area contributed by atoms with Crippen LogP contribution in [0.25, 0.3) is 0 Å². The molecule has 1 aromatic rings. The Bertz CT molecular complexity index is 464. The molecular formula is C16H24ClNO2. The second kappa shape index (κ2) is 6.57. The Morgan fingerprint density at radius 3 is 2.40 bits per heavy atom. The predicted octanol–water partition coefficient (Wildman–Crippen LogP) is 4.59. The number of ether oxygens (including phenoxy) is 2. The number of halogens is 1. The van der Waals surface area contributed by atoms with Gasteiger partial charge in [0.25, 0.3) is 0 Å². The zero-order valence-electron chi connectivity index (χ0n) is 12.7. The van der Waals surface area contributed by atoms with Gasteiger partial charge in [-0.25, -0.2) is 0 Å². The average molecular weight is 298 g/mol. The molecule has 3 nitrogen and oxygen atoms in total. The van der Waals surface area contributed by atoms with Crippen LogP contribution in [0.4, 0.5) is 5.69 Å². The van der Waals surface area contributed by atoms with Crippen molar-refractivity contribution in [2.24, 2.45) is 11.8 Å². The van der Waals surface area contributed by atoms with Crippen molar-refractivity contribution in [2.45, 2.75) is 39.2 Å². The Kier molecular flexibility index (Phi) is 5.03. The summed E-state index contributed by atoms with van der Waals surface area (Å²) in [6.07, 6.45) is 3.73. The van der Waals surface area contributed by atoms with E-state index < -0.39 is 0 Å². The lowest BCUT2D eigenvalue weighted by atomic mass is 9.80. The SMILES string of the molecule is COc1cc(OC)c(NC2CCC(C)CC2C)cc1Cl. The molecule has 0 saturated heterocycles. The number of anilines is 1. The Labute approximate surface area is 126 Å². The van der Waals surface area contributed by atoms with E-state index in [9.17, 15) is 0 Å². The van der Waals surface area contributed by atoms with Gasteiger partial charge in [0.1, 0.15) is 11.5 Å². The molecule has 0 aliphatic heterocycles. The first-order valence-electron chi connectivity index (χ1n) is 7.23. The van der Waals surface area contributed by atoms with Crippen LogP contribution in [0.2, 0.25) is 5.02 Å². The van der Waals surface area contributed by atoms with Gasteiger partial charge in [0.2, 0.25) is 0 Å². The molecule has 112 valence electrons. The highest BCUT2D eigenvalue weighted by molar-refractivity contribution is 6.32. The predicted molar refractivity (Wildman–Crippen MR) is 84.1 cm³/mol. The van der Waals surface area contributed by atoms with Crippen molar-refractivity contribution in [3.8, 4) is 11.5 Å². The summed E-state index contributed by atoms with van der Waals surface area (Å²) in [6.45, 7) is 4.64. The summed E-state index contributed by atoms with van der Waals surface area (Å²) in [5.74, 6) is 2.89. The van der Waals surface area contributed by atoms with E-state index in [-0.39, 0.29) is 0 Å². The molecule has 1 aliphatic carbocycles. The molecule has 4 heteroatoms. The summed E-state index contributed by atoms with van der Waals surface area (Å²) in [4.78, 5) is 0. The van der Waals surface area contributed by atoms with Gasteiger partial charge in [-0.1, -0.05) is 25.4 Å². The summed E-state index contributed by atoms with van der Waals surface area (Å²) < 4.78 is 10.7. The standard InChI is InChI=1S/C16H24ClNO2/c1-10-5-6-13(11(2)7-10)18-14-8-12(17)15(19-3)9-16(14)20-4/h8-11,13,18H,5-7H2,1-4H3. The normalized spacial score (nSPS) is 26.1. The van der Waals surface area contributed by atoms with Crippen molar-refractivity contribution >= 4 is 17.3 Å². The molecule has 1 aromatic carbocycles. The van der Waals surface area contributed by atoms with Crippen molar-refractivity contribution in [3.05, 3.63) is 17.2 Å². The largest absolute Gasteiger partial charge is 0.495 e. The Morgan fingerprint density at radius 1 is 1.10 bits per heavy atom. The van der Waals surface area contributed by atoms with Gasteiger partial charge in [0.05, 0.1) is 24.9 Å². The molecular weight excluding hydrogens is 274 g/mol. The third-order valence-electron chi connectivity index (χ3n) is 4.25. The van der Waals surface area contributed by atoms with Gasteiger partial charge in [-0.05, 0) is 37.2 Å². The number of nitrogens with one attached hydrogen (secondary N) is 1. The van der Waals surface area contributed by atoms with Crippen LogP contribution in [-0.2, 0) is 0 Å². The molecule has 3 unspecified atom stereocenters. The topological polar surface area (TPSA) is 30.5 Å². The van der Waals surface area contributed by atoms with Crippen LogP contribution in [0.3, 0.4) is 0 Å².